The monoisotopic (exact) mass is 224 g/mol. The second-order valence-electron chi connectivity index (χ2n) is 6.07. The van der Waals surface area contributed by atoms with E-state index in [1.165, 1.54) is 6.42 Å². The highest BCUT2D eigenvalue weighted by Crippen LogP contribution is 2.52. The smallest absolute Gasteiger partial charge is 0.240 e. The van der Waals surface area contributed by atoms with Gasteiger partial charge >= 0.3 is 0 Å². The normalized spacial score (nSPS) is 36.9. The van der Waals surface area contributed by atoms with Gasteiger partial charge in [0, 0.05) is 6.54 Å². The summed E-state index contributed by atoms with van der Waals surface area (Å²) >= 11 is 0. The van der Waals surface area contributed by atoms with Crippen molar-refractivity contribution in [3.8, 4) is 0 Å². The van der Waals surface area contributed by atoms with Gasteiger partial charge in [-0.15, -0.1) is 0 Å². The molecule has 1 heterocycles. The molecule has 1 saturated heterocycles. The van der Waals surface area contributed by atoms with Crippen LogP contribution >= 0.6 is 0 Å². The van der Waals surface area contributed by atoms with E-state index in [0.29, 0.717) is 17.2 Å². The average molecular weight is 224 g/mol. The van der Waals surface area contributed by atoms with Crippen molar-refractivity contribution in [2.45, 2.75) is 59.2 Å². The zero-order valence-electron chi connectivity index (χ0n) is 10.9. The SMILES string of the molecule is CCCC1NC(C)C(=O)N1CC1CC1(C)C. The third-order valence-corrected chi connectivity index (χ3v) is 4.17. The third-order valence-electron chi connectivity index (χ3n) is 4.17. The van der Waals surface area contributed by atoms with Crippen molar-refractivity contribution in [2.75, 3.05) is 6.54 Å². The first-order valence-corrected chi connectivity index (χ1v) is 6.52. The van der Waals surface area contributed by atoms with Crippen molar-refractivity contribution in [1.82, 2.24) is 10.2 Å². The quantitative estimate of drug-likeness (QED) is 0.792. The highest BCUT2D eigenvalue weighted by atomic mass is 16.2. The molecular weight excluding hydrogens is 200 g/mol. The van der Waals surface area contributed by atoms with Gasteiger partial charge in [0.25, 0.3) is 0 Å². The van der Waals surface area contributed by atoms with E-state index >= 15 is 0 Å². The van der Waals surface area contributed by atoms with Gasteiger partial charge in [-0.25, -0.2) is 0 Å². The molecule has 3 nitrogen and oxygen atoms in total. The Labute approximate surface area is 98.6 Å². The molecule has 1 aliphatic heterocycles. The summed E-state index contributed by atoms with van der Waals surface area (Å²) in [5.74, 6) is 1.00. The maximum Gasteiger partial charge on any atom is 0.240 e. The standard InChI is InChI=1S/C13H24N2O/c1-5-6-11-14-9(2)12(16)15(11)8-10-7-13(10,3)4/h9-11,14H,5-8H2,1-4H3. The van der Waals surface area contributed by atoms with Crippen LogP contribution in [0.1, 0.15) is 47.0 Å². The number of hydrogen-bond acceptors (Lipinski definition) is 2. The fourth-order valence-electron chi connectivity index (χ4n) is 2.71. The molecule has 3 unspecified atom stereocenters. The maximum absolute atomic E-state index is 12.0. The predicted molar refractivity (Wildman–Crippen MR) is 64.9 cm³/mol. The van der Waals surface area contributed by atoms with E-state index in [4.69, 9.17) is 0 Å². The molecular formula is C13H24N2O. The highest BCUT2D eigenvalue weighted by Gasteiger charge is 2.49. The molecule has 0 radical (unpaired) electrons. The van der Waals surface area contributed by atoms with Crippen LogP contribution in [0.4, 0.5) is 0 Å². The molecule has 1 aliphatic carbocycles. The molecule has 1 N–H and O–H groups in total. The topological polar surface area (TPSA) is 32.3 Å². The average Bonchev–Trinajstić information content (AvgIpc) is 2.71. The summed E-state index contributed by atoms with van der Waals surface area (Å²) in [6.45, 7) is 9.69. The van der Waals surface area contributed by atoms with Crippen LogP contribution in [0.15, 0.2) is 0 Å². The van der Waals surface area contributed by atoms with Gasteiger partial charge in [0.2, 0.25) is 5.91 Å². The van der Waals surface area contributed by atoms with Gasteiger partial charge in [-0.05, 0) is 31.1 Å². The van der Waals surface area contributed by atoms with Gasteiger partial charge in [0.15, 0.2) is 0 Å². The third kappa shape index (κ3) is 2.10. The molecule has 3 heteroatoms. The lowest BCUT2D eigenvalue weighted by Gasteiger charge is -2.24. The highest BCUT2D eigenvalue weighted by molar-refractivity contribution is 5.83. The summed E-state index contributed by atoms with van der Waals surface area (Å²) in [5.41, 5.74) is 0.461. The van der Waals surface area contributed by atoms with Crippen LogP contribution in [0, 0.1) is 11.3 Å². The van der Waals surface area contributed by atoms with Crippen molar-refractivity contribution in [3.63, 3.8) is 0 Å². The molecule has 2 rings (SSSR count). The summed E-state index contributed by atoms with van der Waals surface area (Å²) in [5, 5.41) is 3.39. The van der Waals surface area contributed by atoms with E-state index < -0.39 is 0 Å². The van der Waals surface area contributed by atoms with E-state index in [2.05, 4.69) is 31.0 Å². The molecule has 0 bridgehead atoms. The number of carbonyl (C=O) groups excluding carboxylic acids is 1. The van der Waals surface area contributed by atoms with Crippen molar-refractivity contribution in [1.29, 1.82) is 0 Å². The lowest BCUT2D eigenvalue weighted by atomic mass is 10.1. The Morgan fingerprint density at radius 3 is 2.62 bits per heavy atom. The van der Waals surface area contributed by atoms with E-state index in [0.717, 1.165) is 19.4 Å². The minimum absolute atomic E-state index is 0.0124. The predicted octanol–water partition coefficient (Wildman–Crippen LogP) is 1.98. The molecule has 92 valence electrons. The first-order valence-electron chi connectivity index (χ1n) is 6.52. The number of hydrogen-bond donors (Lipinski definition) is 1. The Morgan fingerprint density at radius 2 is 2.12 bits per heavy atom. The zero-order chi connectivity index (χ0) is 11.9. The zero-order valence-corrected chi connectivity index (χ0v) is 10.9. The summed E-state index contributed by atoms with van der Waals surface area (Å²) in [7, 11) is 0. The van der Waals surface area contributed by atoms with Crippen molar-refractivity contribution in [2.24, 2.45) is 11.3 Å². The van der Waals surface area contributed by atoms with E-state index in [9.17, 15) is 4.79 Å². The first kappa shape index (κ1) is 11.9. The van der Waals surface area contributed by atoms with Gasteiger partial charge in [0.05, 0.1) is 12.2 Å². The second kappa shape index (κ2) is 4.02. The number of amides is 1. The molecule has 0 aromatic rings. The molecule has 16 heavy (non-hydrogen) atoms. The Bertz CT molecular complexity index is 288. The van der Waals surface area contributed by atoms with Crippen molar-refractivity contribution < 1.29 is 4.79 Å². The summed E-state index contributed by atoms with van der Waals surface area (Å²) in [6, 6.07) is 0.0124. The molecule has 0 aromatic carbocycles. The Hall–Kier alpha value is -0.570. The minimum atomic E-state index is 0.0124. The van der Waals surface area contributed by atoms with E-state index in [1.807, 2.05) is 6.92 Å². The number of rotatable bonds is 4. The van der Waals surface area contributed by atoms with Crippen LogP contribution in [0.5, 0.6) is 0 Å². The van der Waals surface area contributed by atoms with E-state index in [-0.39, 0.29) is 12.2 Å². The van der Waals surface area contributed by atoms with Crippen molar-refractivity contribution >= 4 is 5.91 Å². The molecule has 2 fully saturated rings. The fraction of sp³-hybridized carbons (Fsp3) is 0.923. The molecule has 1 amide bonds. The fourth-order valence-corrected chi connectivity index (χ4v) is 2.71. The van der Waals surface area contributed by atoms with Gasteiger partial charge in [-0.2, -0.15) is 0 Å². The summed E-state index contributed by atoms with van der Waals surface area (Å²) < 4.78 is 0. The number of nitrogens with one attached hydrogen (secondary N) is 1. The summed E-state index contributed by atoms with van der Waals surface area (Å²) in [4.78, 5) is 14.1. The van der Waals surface area contributed by atoms with Gasteiger partial charge in [0.1, 0.15) is 0 Å². The van der Waals surface area contributed by atoms with Crippen LogP contribution in [0.3, 0.4) is 0 Å². The van der Waals surface area contributed by atoms with Gasteiger partial charge in [-0.3, -0.25) is 10.1 Å². The molecule has 3 atom stereocenters. The second-order valence-corrected chi connectivity index (χ2v) is 6.07. The minimum Gasteiger partial charge on any atom is -0.326 e. The largest absolute Gasteiger partial charge is 0.326 e. The number of carbonyl (C=O) groups is 1. The Kier molecular flexibility index (Phi) is 2.99. The number of nitrogens with zero attached hydrogens (tertiary/aromatic N) is 1. The van der Waals surface area contributed by atoms with Crippen LogP contribution in [-0.4, -0.2) is 29.6 Å². The molecule has 1 saturated carbocycles. The molecule has 2 aliphatic rings. The first-order chi connectivity index (χ1) is 7.45. The van der Waals surface area contributed by atoms with Gasteiger partial charge < -0.3 is 4.90 Å². The van der Waals surface area contributed by atoms with Gasteiger partial charge in [-0.1, -0.05) is 27.2 Å². The lowest BCUT2D eigenvalue weighted by Crippen LogP contribution is -2.39. The van der Waals surface area contributed by atoms with Crippen LogP contribution in [0.25, 0.3) is 0 Å². The maximum atomic E-state index is 12.0. The Morgan fingerprint density at radius 1 is 1.50 bits per heavy atom. The summed E-state index contributed by atoms with van der Waals surface area (Å²) in [6.07, 6.45) is 3.75. The lowest BCUT2D eigenvalue weighted by molar-refractivity contribution is -0.130. The van der Waals surface area contributed by atoms with E-state index in [1.54, 1.807) is 0 Å². The van der Waals surface area contributed by atoms with Crippen LogP contribution < -0.4 is 5.32 Å². The molecule has 0 spiro atoms. The Balaban J connectivity index is 1.97. The molecule has 0 aromatic heterocycles. The van der Waals surface area contributed by atoms with Crippen molar-refractivity contribution in [3.05, 3.63) is 0 Å². The van der Waals surface area contributed by atoms with Crippen LogP contribution in [0.2, 0.25) is 0 Å². The van der Waals surface area contributed by atoms with Crippen LogP contribution in [-0.2, 0) is 4.79 Å².